The molecule has 0 spiro atoms. The number of nitrogen functional groups attached to an aromatic ring is 1. The van der Waals surface area contributed by atoms with Crippen molar-refractivity contribution in [2.24, 2.45) is 0 Å². The van der Waals surface area contributed by atoms with Crippen molar-refractivity contribution in [3.05, 3.63) is 48.3 Å². The number of rotatable bonds is 3. The Morgan fingerprint density at radius 2 is 1.90 bits per heavy atom. The van der Waals surface area contributed by atoms with Crippen molar-refractivity contribution in [3.63, 3.8) is 0 Å². The van der Waals surface area contributed by atoms with Crippen molar-refractivity contribution in [1.29, 1.82) is 0 Å². The maximum Gasteiger partial charge on any atom is 0.182 e. The fraction of sp³-hybridized carbons (Fsp3) is 0.143. The molecule has 0 saturated heterocycles. The van der Waals surface area contributed by atoms with Crippen LogP contribution in [0.2, 0.25) is 0 Å². The second-order valence-electron chi connectivity index (χ2n) is 4.66. The molecule has 0 aromatic carbocycles. The van der Waals surface area contributed by atoms with Crippen LogP contribution < -0.4 is 11.1 Å². The van der Waals surface area contributed by atoms with E-state index in [0.717, 1.165) is 17.1 Å². The van der Waals surface area contributed by atoms with Crippen LogP contribution in [0.5, 0.6) is 0 Å². The van der Waals surface area contributed by atoms with Gasteiger partial charge in [-0.3, -0.25) is 4.98 Å². The van der Waals surface area contributed by atoms with E-state index in [4.69, 9.17) is 5.73 Å². The smallest absolute Gasteiger partial charge is 0.182 e. The van der Waals surface area contributed by atoms with E-state index in [9.17, 15) is 0 Å². The summed E-state index contributed by atoms with van der Waals surface area (Å²) < 4.78 is 1.71. The zero-order valence-electron chi connectivity index (χ0n) is 11.8. The standard InChI is InChI=1S/C14H15N7/c1-9-7-10(2)21(20-9)14-12(15)13(17-8-18-14)19-11-3-5-16-6-4-11/h3-8H,15H2,1-2H3,(H,16,17,18,19). The number of hydrogen-bond acceptors (Lipinski definition) is 6. The first-order valence-electron chi connectivity index (χ1n) is 6.46. The van der Waals surface area contributed by atoms with Gasteiger partial charge >= 0.3 is 0 Å². The van der Waals surface area contributed by atoms with E-state index < -0.39 is 0 Å². The van der Waals surface area contributed by atoms with Crippen molar-refractivity contribution in [2.75, 3.05) is 11.1 Å². The highest BCUT2D eigenvalue weighted by Gasteiger charge is 2.13. The van der Waals surface area contributed by atoms with Gasteiger partial charge in [0.25, 0.3) is 0 Å². The van der Waals surface area contributed by atoms with Crippen molar-refractivity contribution in [1.82, 2.24) is 24.7 Å². The minimum absolute atomic E-state index is 0.445. The molecule has 0 aliphatic carbocycles. The third-order valence-electron chi connectivity index (χ3n) is 3.02. The van der Waals surface area contributed by atoms with E-state index in [1.165, 1.54) is 6.33 Å². The molecule has 0 aliphatic heterocycles. The quantitative estimate of drug-likeness (QED) is 0.762. The van der Waals surface area contributed by atoms with Crippen molar-refractivity contribution in [3.8, 4) is 5.82 Å². The Bertz CT molecular complexity index is 764. The highest BCUT2D eigenvalue weighted by Crippen LogP contribution is 2.25. The monoisotopic (exact) mass is 281 g/mol. The fourth-order valence-corrected chi connectivity index (χ4v) is 2.07. The van der Waals surface area contributed by atoms with E-state index in [1.807, 2.05) is 32.0 Å². The summed E-state index contributed by atoms with van der Waals surface area (Å²) in [7, 11) is 0. The van der Waals surface area contributed by atoms with Crippen molar-refractivity contribution >= 4 is 17.2 Å². The van der Waals surface area contributed by atoms with Gasteiger partial charge in [0.2, 0.25) is 0 Å². The minimum atomic E-state index is 0.445. The Morgan fingerprint density at radius 3 is 2.57 bits per heavy atom. The molecule has 106 valence electrons. The van der Waals surface area contributed by atoms with Gasteiger partial charge in [-0.2, -0.15) is 5.10 Å². The lowest BCUT2D eigenvalue weighted by atomic mass is 10.3. The lowest BCUT2D eigenvalue weighted by Gasteiger charge is -2.11. The maximum atomic E-state index is 6.18. The van der Waals surface area contributed by atoms with Crippen LogP contribution in [-0.4, -0.2) is 24.7 Å². The largest absolute Gasteiger partial charge is 0.393 e. The molecular weight excluding hydrogens is 266 g/mol. The first-order chi connectivity index (χ1) is 10.1. The first-order valence-corrected chi connectivity index (χ1v) is 6.46. The van der Waals surface area contributed by atoms with Crippen LogP contribution in [0.4, 0.5) is 17.2 Å². The SMILES string of the molecule is Cc1cc(C)n(-c2ncnc(Nc3ccncc3)c2N)n1. The van der Waals surface area contributed by atoms with Gasteiger partial charge in [-0.25, -0.2) is 14.6 Å². The number of nitrogens with one attached hydrogen (secondary N) is 1. The van der Waals surface area contributed by atoms with Gasteiger partial charge < -0.3 is 11.1 Å². The Labute approximate surface area is 121 Å². The Hall–Kier alpha value is -2.96. The summed E-state index contributed by atoms with van der Waals surface area (Å²) in [6, 6.07) is 5.65. The average Bonchev–Trinajstić information content (AvgIpc) is 2.81. The molecule has 0 amide bonds. The molecular formula is C14H15N7. The summed E-state index contributed by atoms with van der Waals surface area (Å²) >= 11 is 0. The molecule has 3 aromatic rings. The molecule has 7 heteroatoms. The minimum Gasteiger partial charge on any atom is -0.393 e. The maximum absolute atomic E-state index is 6.18. The summed E-state index contributed by atoms with van der Waals surface area (Å²) in [5.74, 6) is 1.10. The number of nitrogens with zero attached hydrogens (tertiary/aromatic N) is 5. The molecule has 7 nitrogen and oxygen atoms in total. The molecule has 0 bridgehead atoms. The normalized spacial score (nSPS) is 10.6. The van der Waals surface area contributed by atoms with Gasteiger partial charge in [-0.15, -0.1) is 0 Å². The molecule has 0 radical (unpaired) electrons. The highest BCUT2D eigenvalue weighted by atomic mass is 15.3. The van der Waals surface area contributed by atoms with E-state index >= 15 is 0 Å². The zero-order chi connectivity index (χ0) is 14.8. The summed E-state index contributed by atoms with van der Waals surface area (Å²) in [6.07, 6.45) is 4.86. The third kappa shape index (κ3) is 2.53. The van der Waals surface area contributed by atoms with Gasteiger partial charge in [0, 0.05) is 23.8 Å². The topological polar surface area (TPSA) is 94.5 Å². The number of aromatic nitrogens is 5. The number of pyridine rings is 1. The molecule has 0 fully saturated rings. The molecule has 0 atom stereocenters. The molecule has 0 aliphatic rings. The van der Waals surface area contributed by atoms with Gasteiger partial charge in [-0.1, -0.05) is 0 Å². The third-order valence-corrected chi connectivity index (χ3v) is 3.02. The van der Waals surface area contributed by atoms with Gasteiger partial charge in [0.15, 0.2) is 11.6 Å². The number of anilines is 3. The van der Waals surface area contributed by atoms with Crippen LogP contribution in [0.25, 0.3) is 5.82 Å². The Balaban J connectivity index is 2.01. The molecule has 0 unspecified atom stereocenters. The molecule has 3 rings (SSSR count). The lowest BCUT2D eigenvalue weighted by Crippen LogP contribution is -2.09. The summed E-state index contributed by atoms with van der Waals surface area (Å²) in [5, 5.41) is 7.55. The van der Waals surface area contributed by atoms with Crippen LogP contribution in [0, 0.1) is 13.8 Å². The van der Waals surface area contributed by atoms with Crippen LogP contribution in [0.3, 0.4) is 0 Å². The first kappa shape index (κ1) is 13.0. The number of hydrogen-bond donors (Lipinski definition) is 2. The van der Waals surface area contributed by atoms with Crippen molar-refractivity contribution in [2.45, 2.75) is 13.8 Å². The van der Waals surface area contributed by atoms with E-state index in [-0.39, 0.29) is 0 Å². The molecule has 3 N–H and O–H groups in total. The van der Waals surface area contributed by atoms with E-state index in [0.29, 0.717) is 17.3 Å². The zero-order valence-corrected chi connectivity index (χ0v) is 11.8. The van der Waals surface area contributed by atoms with Gasteiger partial charge in [0.05, 0.1) is 5.69 Å². The predicted molar refractivity (Wildman–Crippen MR) is 80.6 cm³/mol. The number of nitrogens with two attached hydrogens (primary N) is 1. The molecule has 0 saturated carbocycles. The van der Waals surface area contributed by atoms with Crippen LogP contribution in [-0.2, 0) is 0 Å². The lowest BCUT2D eigenvalue weighted by molar-refractivity contribution is 0.804. The highest BCUT2D eigenvalue weighted by molar-refractivity contribution is 5.73. The second kappa shape index (κ2) is 5.20. The van der Waals surface area contributed by atoms with Gasteiger partial charge in [-0.05, 0) is 32.0 Å². The van der Waals surface area contributed by atoms with Crippen LogP contribution in [0.1, 0.15) is 11.4 Å². The van der Waals surface area contributed by atoms with E-state index in [1.54, 1.807) is 17.1 Å². The Kier molecular flexibility index (Phi) is 3.23. The summed E-state index contributed by atoms with van der Waals surface area (Å²) in [6.45, 7) is 3.88. The van der Waals surface area contributed by atoms with E-state index in [2.05, 4.69) is 25.4 Å². The second-order valence-corrected chi connectivity index (χ2v) is 4.66. The summed E-state index contributed by atoms with van der Waals surface area (Å²) in [4.78, 5) is 12.4. The molecule has 3 aromatic heterocycles. The molecule has 3 heterocycles. The predicted octanol–water partition coefficient (Wildman–Crippen LogP) is 2.00. The summed E-state index contributed by atoms with van der Waals surface area (Å²) in [5.41, 5.74) is 9.36. The van der Waals surface area contributed by atoms with Crippen molar-refractivity contribution < 1.29 is 0 Å². The van der Waals surface area contributed by atoms with Crippen LogP contribution >= 0.6 is 0 Å². The fourth-order valence-electron chi connectivity index (χ4n) is 2.07. The molecule has 21 heavy (non-hydrogen) atoms. The van der Waals surface area contributed by atoms with Crippen LogP contribution in [0.15, 0.2) is 36.9 Å². The Morgan fingerprint density at radius 1 is 1.14 bits per heavy atom. The van der Waals surface area contributed by atoms with Gasteiger partial charge in [0.1, 0.15) is 12.0 Å². The average molecular weight is 281 g/mol. The number of aryl methyl sites for hydroxylation is 2.